The number of carbonyl (C=O) groups excluding carboxylic acids is 1. The molecule has 0 aliphatic carbocycles. The zero-order valence-corrected chi connectivity index (χ0v) is 13.6. The summed E-state index contributed by atoms with van der Waals surface area (Å²) in [6, 6.07) is 19.9. The standard InChI is InChI=1S/C20H13N5O/c21-13-14-3-6-17(7-4-14)25-19(9-11-23-25)24-20(26)16-5-8-18-15(12-16)2-1-10-22-18/h1-12H,(H,24,26). The minimum absolute atomic E-state index is 0.230. The Balaban J connectivity index is 1.61. The van der Waals surface area contributed by atoms with Crippen LogP contribution >= 0.6 is 0 Å². The van der Waals surface area contributed by atoms with Crippen molar-refractivity contribution in [2.45, 2.75) is 0 Å². The van der Waals surface area contributed by atoms with Gasteiger partial charge in [-0.15, -0.1) is 0 Å². The van der Waals surface area contributed by atoms with Crippen molar-refractivity contribution in [1.82, 2.24) is 14.8 Å². The molecule has 0 aliphatic heterocycles. The fourth-order valence-corrected chi connectivity index (χ4v) is 2.69. The Bertz CT molecular complexity index is 1140. The van der Waals surface area contributed by atoms with Crippen LogP contribution in [0, 0.1) is 11.3 Å². The Morgan fingerprint density at radius 2 is 1.88 bits per heavy atom. The summed E-state index contributed by atoms with van der Waals surface area (Å²) in [6.45, 7) is 0. The molecule has 1 N–H and O–H groups in total. The lowest BCUT2D eigenvalue weighted by Gasteiger charge is -2.09. The second kappa shape index (κ2) is 6.49. The molecule has 0 atom stereocenters. The van der Waals surface area contributed by atoms with Gasteiger partial charge < -0.3 is 5.32 Å². The normalized spacial score (nSPS) is 10.4. The fourth-order valence-electron chi connectivity index (χ4n) is 2.69. The van der Waals surface area contributed by atoms with Gasteiger partial charge in [-0.3, -0.25) is 9.78 Å². The maximum absolute atomic E-state index is 12.6. The Kier molecular flexibility index (Phi) is 3.88. The van der Waals surface area contributed by atoms with E-state index in [1.807, 2.05) is 18.2 Å². The van der Waals surface area contributed by atoms with E-state index in [0.29, 0.717) is 16.9 Å². The van der Waals surface area contributed by atoms with Crippen LogP contribution in [0.15, 0.2) is 73.1 Å². The number of nitrogens with zero attached hydrogens (tertiary/aromatic N) is 4. The molecule has 0 fully saturated rings. The van der Waals surface area contributed by atoms with Gasteiger partial charge in [-0.25, -0.2) is 4.68 Å². The number of fused-ring (bicyclic) bond motifs is 1. The van der Waals surface area contributed by atoms with E-state index < -0.39 is 0 Å². The molecule has 4 rings (SSSR count). The van der Waals surface area contributed by atoms with Crippen molar-refractivity contribution < 1.29 is 4.79 Å². The van der Waals surface area contributed by atoms with Crippen LogP contribution < -0.4 is 5.32 Å². The van der Waals surface area contributed by atoms with Crippen LogP contribution in [0.1, 0.15) is 15.9 Å². The number of pyridine rings is 1. The quantitative estimate of drug-likeness (QED) is 0.619. The zero-order chi connectivity index (χ0) is 17.9. The number of hydrogen-bond acceptors (Lipinski definition) is 4. The predicted octanol–water partition coefficient (Wildman–Crippen LogP) is 3.54. The van der Waals surface area contributed by atoms with E-state index in [0.717, 1.165) is 16.6 Å². The van der Waals surface area contributed by atoms with E-state index in [1.54, 1.807) is 59.5 Å². The van der Waals surface area contributed by atoms with Crippen molar-refractivity contribution >= 4 is 22.6 Å². The van der Waals surface area contributed by atoms with Crippen molar-refractivity contribution in [2.24, 2.45) is 0 Å². The summed E-state index contributed by atoms with van der Waals surface area (Å²) in [5.41, 5.74) is 2.70. The van der Waals surface area contributed by atoms with Crippen molar-refractivity contribution in [2.75, 3.05) is 5.32 Å². The van der Waals surface area contributed by atoms with Gasteiger partial charge in [0.25, 0.3) is 5.91 Å². The first kappa shape index (κ1) is 15.5. The highest BCUT2D eigenvalue weighted by Gasteiger charge is 2.11. The second-order valence-corrected chi connectivity index (χ2v) is 5.65. The van der Waals surface area contributed by atoms with Crippen molar-refractivity contribution in [3.8, 4) is 11.8 Å². The second-order valence-electron chi connectivity index (χ2n) is 5.65. The van der Waals surface area contributed by atoms with E-state index in [-0.39, 0.29) is 5.91 Å². The Morgan fingerprint density at radius 1 is 1.04 bits per heavy atom. The van der Waals surface area contributed by atoms with Crippen LogP contribution in [0.5, 0.6) is 0 Å². The van der Waals surface area contributed by atoms with Crippen LogP contribution in [0.2, 0.25) is 0 Å². The molecule has 2 aromatic heterocycles. The van der Waals surface area contributed by atoms with E-state index in [1.165, 1.54) is 0 Å². The molecule has 0 saturated heterocycles. The average Bonchev–Trinajstić information content (AvgIpc) is 3.15. The Morgan fingerprint density at radius 3 is 2.69 bits per heavy atom. The van der Waals surface area contributed by atoms with Gasteiger partial charge in [-0.05, 0) is 48.5 Å². The molecular formula is C20H13N5O. The van der Waals surface area contributed by atoms with Crippen LogP contribution in [0.3, 0.4) is 0 Å². The van der Waals surface area contributed by atoms with E-state index in [2.05, 4.69) is 21.5 Å². The molecule has 1 amide bonds. The third kappa shape index (κ3) is 2.89. The highest BCUT2D eigenvalue weighted by molar-refractivity contribution is 6.05. The summed E-state index contributed by atoms with van der Waals surface area (Å²) < 4.78 is 1.61. The minimum atomic E-state index is -0.230. The minimum Gasteiger partial charge on any atom is -0.306 e. The monoisotopic (exact) mass is 339 g/mol. The topological polar surface area (TPSA) is 83.6 Å². The number of nitrogens with one attached hydrogen (secondary N) is 1. The first-order valence-electron chi connectivity index (χ1n) is 7.95. The van der Waals surface area contributed by atoms with Crippen molar-refractivity contribution in [3.05, 3.63) is 84.2 Å². The molecule has 0 bridgehead atoms. The van der Waals surface area contributed by atoms with Gasteiger partial charge >= 0.3 is 0 Å². The summed E-state index contributed by atoms with van der Waals surface area (Å²) in [4.78, 5) is 16.9. The smallest absolute Gasteiger partial charge is 0.256 e. The van der Waals surface area contributed by atoms with Gasteiger partial charge in [0, 0.05) is 23.2 Å². The summed E-state index contributed by atoms with van der Waals surface area (Å²) in [5.74, 6) is 0.317. The highest BCUT2D eigenvalue weighted by Crippen LogP contribution is 2.18. The van der Waals surface area contributed by atoms with Gasteiger partial charge in [-0.1, -0.05) is 6.07 Å². The average molecular weight is 339 g/mol. The highest BCUT2D eigenvalue weighted by atomic mass is 16.1. The molecule has 4 aromatic rings. The lowest BCUT2D eigenvalue weighted by Crippen LogP contribution is -2.15. The molecule has 124 valence electrons. The summed E-state index contributed by atoms with van der Waals surface area (Å²) in [6.07, 6.45) is 3.33. The van der Waals surface area contributed by atoms with Gasteiger partial charge in [0.15, 0.2) is 0 Å². The van der Waals surface area contributed by atoms with Gasteiger partial charge in [0.1, 0.15) is 5.82 Å². The molecule has 6 nitrogen and oxygen atoms in total. The largest absolute Gasteiger partial charge is 0.306 e. The molecule has 0 spiro atoms. The maximum atomic E-state index is 12.6. The number of anilines is 1. The third-order valence-electron chi connectivity index (χ3n) is 3.99. The molecule has 0 aliphatic rings. The molecule has 0 radical (unpaired) electrons. The predicted molar refractivity (Wildman–Crippen MR) is 98.0 cm³/mol. The summed E-state index contributed by atoms with van der Waals surface area (Å²) >= 11 is 0. The summed E-state index contributed by atoms with van der Waals surface area (Å²) in [5, 5.41) is 16.9. The molecule has 0 saturated carbocycles. The van der Waals surface area contributed by atoms with Crippen LogP contribution in [-0.2, 0) is 0 Å². The van der Waals surface area contributed by atoms with E-state index >= 15 is 0 Å². The fraction of sp³-hybridized carbons (Fsp3) is 0. The van der Waals surface area contributed by atoms with Gasteiger partial charge in [-0.2, -0.15) is 10.4 Å². The van der Waals surface area contributed by atoms with Gasteiger partial charge in [0.05, 0.1) is 29.0 Å². The molecular weight excluding hydrogens is 326 g/mol. The lowest BCUT2D eigenvalue weighted by molar-refractivity contribution is 0.102. The number of rotatable bonds is 3. The van der Waals surface area contributed by atoms with E-state index in [9.17, 15) is 4.79 Å². The first-order valence-corrected chi connectivity index (χ1v) is 7.95. The molecule has 2 heterocycles. The number of hydrogen-bond donors (Lipinski definition) is 1. The van der Waals surface area contributed by atoms with Crippen LogP contribution in [-0.4, -0.2) is 20.7 Å². The maximum Gasteiger partial charge on any atom is 0.256 e. The zero-order valence-electron chi connectivity index (χ0n) is 13.6. The van der Waals surface area contributed by atoms with Crippen LogP contribution in [0.25, 0.3) is 16.6 Å². The molecule has 6 heteroatoms. The first-order chi connectivity index (χ1) is 12.7. The number of amides is 1. The third-order valence-corrected chi connectivity index (χ3v) is 3.99. The summed E-state index contributed by atoms with van der Waals surface area (Å²) in [7, 11) is 0. The number of benzene rings is 2. The number of aromatic nitrogens is 3. The SMILES string of the molecule is N#Cc1ccc(-n2nccc2NC(=O)c2ccc3ncccc3c2)cc1. The van der Waals surface area contributed by atoms with Crippen LogP contribution in [0.4, 0.5) is 5.82 Å². The van der Waals surface area contributed by atoms with E-state index in [4.69, 9.17) is 5.26 Å². The number of nitriles is 1. The van der Waals surface area contributed by atoms with Crippen molar-refractivity contribution in [3.63, 3.8) is 0 Å². The van der Waals surface area contributed by atoms with Crippen molar-refractivity contribution in [1.29, 1.82) is 5.26 Å². The number of carbonyl (C=O) groups is 1. The molecule has 2 aromatic carbocycles. The lowest BCUT2D eigenvalue weighted by atomic mass is 10.1. The van der Waals surface area contributed by atoms with Gasteiger partial charge in [0.2, 0.25) is 0 Å². The Labute approximate surface area is 149 Å². The molecule has 0 unspecified atom stereocenters. The Hall–Kier alpha value is -3.98. The molecule has 26 heavy (non-hydrogen) atoms.